The third kappa shape index (κ3) is 2.47. The summed E-state index contributed by atoms with van der Waals surface area (Å²) in [4.78, 5) is 11.1. The monoisotopic (exact) mass is 228 g/mol. The average Bonchev–Trinajstić information content (AvgIpc) is 2.28. The number of carboxylic acids is 1. The van der Waals surface area contributed by atoms with Gasteiger partial charge in [-0.15, -0.1) is 0 Å². The molecule has 0 aliphatic carbocycles. The van der Waals surface area contributed by atoms with Gasteiger partial charge in [0.25, 0.3) is 0 Å². The van der Waals surface area contributed by atoms with Crippen LogP contribution in [0.4, 0.5) is 0 Å². The van der Waals surface area contributed by atoms with Crippen LogP contribution >= 0.6 is 0 Å². The highest BCUT2D eigenvalue weighted by atomic mass is 16.4. The van der Waals surface area contributed by atoms with Gasteiger partial charge in [0, 0.05) is 0 Å². The van der Waals surface area contributed by atoms with Crippen LogP contribution in [0.25, 0.3) is 10.8 Å². The van der Waals surface area contributed by atoms with Gasteiger partial charge in [-0.3, -0.25) is 4.79 Å². The fraction of sp³-hybridized carbons (Fsp3) is 0.267. The molecule has 0 saturated carbocycles. The molecule has 0 saturated heterocycles. The first kappa shape index (κ1) is 11.6. The van der Waals surface area contributed by atoms with E-state index >= 15 is 0 Å². The lowest BCUT2D eigenvalue weighted by Crippen LogP contribution is -2.26. The van der Waals surface area contributed by atoms with Crippen molar-refractivity contribution >= 4 is 16.7 Å². The highest BCUT2D eigenvalue weighted by Gasteiger charge is 2.27. The first-order chi connectivity index (χ1) is 7.99. The van der Waals surface area contributed by atoms with E-state index in [1.807, 2.05) is 30.3 Å². The van der Waals surface area contributed by atoms with Crippen molar-refractivity contribution in [2.75, 3.05) is 0 Å². The van der Waals surface area contributed by atoms with Gasteiger partial charge in [-0.2, -0.15) is 0 Å². The van der Waals surface area contributed by atoms with E-state index in [-0.39, 0.29) is 0 Å². The van der Waals surface area contributed by atoms with Crippen molar-refractivity contribution in [3.05, 3.63) is 48.0 Å². The molecule has 0 unspecified atom stereocenters. The number of benzene rings is 2. The number of fused-ring (bicyclic) bond motifs is 1. The summed E-state index contributed by atoms with van der Waals surface area (Å²) in [5.41, 5.74) is 0.346. The zero-order valence-corrected chi connectivity index (χ0v) is 10.1. The Hall–Kier alpha value is -1.83. The minimum absolute atomic E-state index is 0.549. The summed E-state index contributed by atoms with van der Waals surface area (Å²) in [6, 6.07) is 14.2. The van der Waals surface area contributed by atoms with Crippen LogP contribution in [-0.4, -0.2) is 11.1 Å². The molecular formula is C15H16O2. The van der Waals surface area contributed by atoms with Crippen molar-refractivity contribution in [2.24, 2.45) is 5.41 Å². The second-order valence-corrected chi connectivity index (χ2v) is 5.05. The normalized spacial score (nSPS) is 11.6. The van der Waals surface area contributed by atoms with Crippen molar-refractivity contribution in [2.45, 2.75) is 20.3 Å². The molecule has 2 aromatic rings. The Morgan fingerprint density at radius 2 is 1.76 bits per heavy atom. The number of rotatable bonds is 3. The van der Waals surface area contributed by atoms with Crippen LogP contribution in [0, 0.1) is 5.41 Å². The maximum Gasteiger partial charge on any atom is 0.309 e. The molecule has 0 heterocycles. The molecule has 1 N–H and O–H groups in total. The molecule has 0 bridgehead atoms. The van der Waals surface area contributed by atoms with Crippen molar-refractivity contribution in [3.63, 3.8) is 0 Å². The molecule has 2 rings (SSSR count). The van der Waals surface area contributed by atoms with Crippen LogP contribution in [-0.2, 0) is 11.2 Å². The molecule has 88 valence electrons. The Balaban J connectivity index is 2.34. The van der Waals surface area contributed by atoms with E-state index < -0.39 is 11.4 Å². The molecule has 0 aliphatic heterocycles. The summed E-state index contributed by atoms with van der Waals surface area (Å²) in [6.07, 6.45) is 0.549. The quantitative estimate of drug-likeness (QED) is 0.873. The first-order valence-electron chi connectivity index (χ1n) is 5.70. The van der Waals surface area contributed by atoms with Gasteiger partial charge < -0.3 is 5.11 Å². The highest BCUT2D eigenvalue weighted by Crippen LogP contribution is 2.24. The third-order valence-corrected chi connectivity index (χ3v) is 3.04. The lowest BCUT2D eigenvalue weighted by atomic mass is 9.85. The summed E-state index contributed by atoms with van der Waals surface area (Å²) in [7, 11) is 0. The fourth-order valence-corrected chi connectivity index (χ4v) is 1.93. The van der Waals surface area contributed by atoms with Gasteiger partial charge in [-0.05, 0) is 36.6 Å². The summed E-state index contributed by atoms with van der Waals surface area (Å²) < 4.78 is 0. The molecule has 0 atom stereocenters. The van der Waals surface area contributed by atoms with E-state index in [0.717, 1.165) is 10.9 Å². The maximum absolute atomic E-state index is 11.1. The van der Waals surface area contributed by atoms with E-state index in [1.54, 1.807) is 13.8 Å². The Bertz CT molecular complexity index is 556. The van der Waals surface area contributed by atoms with Crippen LogP contribution in [0.15, 0.2) is 42.5 Å². The SMILES string of the molecule is CC(C)(Cc1ccc2ccccc2c1)C(=O)O. The molecule has 2 heteroatoms. The van der Waals surface area contributed by atoms with E-state index in [1.165, 1.54) is 5.39 Å². The highest BCUT2D eigenvalue weighted by molar-refractivity contribution is 5.83. The molecular weight excluding hydrogens is 212 g/mol. The molecule has 0 aliphatic rings. The number of hydrogen-bond donors (Lipinski definition) is 1. The van der Waals surface area contributed by atoms with Gasteiger partial charge in [-0.25, -0.2) is 0 Å². The van der Waals surface area contributed by atoms with Crippen molar-refractivity contribution in [1.82, 2.24) is 0 Å². The largest absolute Gasteiger partial charge is 0.481 e. The van der Waals surface area contributed by atoms with E-state index in [2.05, 4.69) is 12.1 Å². The summed E-state index contributed by atoms with van der Waals surface area (Å²) in [5.74, 6) is -0.759. The van der Waals surface area contributed by atoms with Gasteiger partial charge in [0.1, 0.15) is 0 Å². The molecule has 0 fully saturated rings. The fourth-order valence-electron chi connectivity index (χ4n) is 1.93. The van der Waals surface area contributed by atoms with Crippen molar-refractivity contribution in [1.29, 1.82) is 0 Å². The van der Waals surface area contributed by atoms with Gasteiger partial charge >= 0.3 is 5.97 Å². The molecule has 17 heavy (non-hydrogen) atoms. The maximum atomic E-state index is 11.1. The smallest absolute Gasteiger partial charge is 0.309 e. The minimum atomic E-state index is -0.759. The number of hydrogen-bond acceptors (Lipinski definition) is 1. The Kier molecular flexibility index (Phi) is 2.88. The van der Waals surface area contributed by atoms with Crippen LogP contribution in [0.3, 0.4) is 0 Å². The molecule has 0 amide bonds. The van der Waals surface area contributed by atoms with E-state index in [4.69, 9.17) is 5.11 Å². The second kappa shape index (κ2) is 4.21. The van der Waals surface area contributed by atoms with Crippen LogP contribution in [0.2, 0.25) is 0 Å². The average molecular weight is 228 g/mol. The summed E-state index contributed by atoms with van der Waals surface area (Å²) in [5, 5.41) is 11.5. The zero-order chi connectivity index (χ0) is 12.5. The minimum Gasteiger partial charge on any atom is -0.481 e. The lowest BCUT2D eigenvalue weighted by Gasteiger charge is -2.19. The number of aliphatic carboxylic acids is 1. The number of carbonyl (C=O) groups is 1. The van der Waals surface area contributed by atoms with E-state index in [9.17, 15) is 4.79 Å². The molecule has 0 spiro atoms. The van der Waals surface area contributed by atoms with Crippen molar-refractivity contribution < 1.29 is 9.90 Å². The van der Waals surface area contributed by atoms with Gasteiger partial charge in [0.15, 0.2) is 0 Å². The summed E-state index contributed by atoms with van der Waals surface area (Å²) in [6.45, 7) is 3.51. The first-order valence-corrected chi connectivity index (χ1v) is 5.70. The zero-order valence-electron chi connectivity index (χ0n) is 10.1. The summed E-state index contributed by atoms with van der Waals surface area (Å²) >= 11 is 0. The Labute approximate surface area is 101 Å². The van der Waals surface area contributed by atoms with E-state index in [0.29, 0.717) is 6.42 Å². The predicted octanol–water partition coefficient (Wildman–Crippen LogP) is 3.49. The Morgan fingerprint density at radius 3 is 2.41 bits per heavy atom. The lowest BCUT2D eigenvalue weighted by molar-refractivity contribution is -0.146. The topological polar surface area (TPSA) is 37.3 Å². The van der Waals surface area contributed by atoms with Gasteiger partial charge in [-0.1, -0.05) is 42.5 Å². The van der Waals surface area contributed by atoms with Gasteiger partial charge in [0.05, 0.1) is 5.41 Å². The van der Waals surface area contributed by atoms with Crippen molar-refractivity contribution in [3.8, 4) is 0 Å². The third-order valence-electron chi connectivity index (χ3n) is 3.04. The number of carboxylic acid groups (broad SMARTS) is 1. The van der Waals surface area contributed by atoms with Crippen LogP contribution in [0.1, 0.15) is 19.4 Å². The second-order valence-electron chi connectivity index (χ2n) is 5.05. The predicted molar refractivity (Wildman–Crippen MR) is 69.1 cm³/mol. The molecule has 0 aromatic heterocycles. The molecule has 2 nitrogen and oxygen atoms in total. The van der Waals surface area contributed by atoms with Crippen LogP contribution in [0.5, 0.6) is 0 Å². The Morgan fingerprint density at radius 1 is 1.12 bits per heavy atom. The molecule has 2 aromatic carbocycles. The molecule has 0 radical (unpaired) electrons. The standard InChI is InChI=1S/C15H16O2/c1-15(2,14(16)17)10-11-7-8-12-5-3-4-6-13(12)9-11/h3-9H,10H2,1-2H3,(H,16,17). The van der Waals surface area contributed by atoms with Crippen LogP contribution < -0.4 is 0 Å². The van der Waals surface area contributed by atoms with Gasteiger partial charge in [0.2, 0.25) is 0 Å².